The zero-order chi connectivity index (χ0) is 27.3. The molecule has 202 valence electrons. The van der Waals surface area contributed by atoms with Crippen LogP contribution >= 0.6 is 0 Å². The van der Waals surface area contributed by atoms with Crippen LogP contribution in [0.4, 0.5) is 10.1 Å². The Labute approximate surface area is 221 Å². The Morgan fingerprint density at radius 1 is 0.921 bits per heavy atom. The number of ether oxygens (including phenoxy) is 1. The minimum atomic E-state index is -3.90. The molecule has 1 saturated heterocycles. The van der Waals surface area contributed by atoms with Gasteiger partial charge in [-0.3, -0.25) is 9.52 Å². The quantitative estimate of drug-likeness (QED) is 0.391. The number of benzene rings is 3. The summed E-state index contributed by atoms with van der Waals surface area (Å²) in [5.74, 6) is -0.527. The molecule has 1 aliphatic rings. The number of aryl methyl sites for hydroxylation is 1. The second kappa shape index (κ2) is 11.5. The summed E-state index contributed by atoms with van der Waals surface area (Å²) in [4.78, 5) is 12.5. The lowest BCUT2D eigenvalue weighted by Gasteiger charge is -2.15. The highest BCUT2D eigenvalue weighted by Gasteiger charge is 2.26. The molecule has 1 aliphatic heterocycles. The van der Waals surface area contributed by atoms with Gasteiger partial charge in [0.15, 0.2) is 6.61 Å². The smallest absolute Gasteiger partial charge is 0.261 e. The van der Waals surface area contributed by atoms with Crippen molar-refractivity contribution in [1.82, 2.24) is 9.62 Å². The Kier molecular flexibility index (Phi) is 8.34. The summed E-state index contributed by atoms with van der Waals surface area (Å²) < 4.78 is 73.0. The molecule has 0 atom stereocenters. The summed E-state index contributed by atoms with van der Waals surface area (Å²) in [6, 6.07) is 15.6. The van der Waals surface area contributed by atoms with Crippen LogP contribution in [0.3, 0.4) is 0 Å². The highest BCUT2D eigenvalue weighted by Crippen LogP contribution is 2.24. The molecular formula is C26H28FN3O6S2. The maximum absolute atomic E-state index is 13.1. The molecule has 2 N–H and O–H groups in total. The van der Waals surface area contributed by atoms with Gasteiger partial charge in [0, 0.05) is 25.3 Å². The van der Waals surface area contributed by atoms with Gasteiger partial charge in [0.1, 0.15) is 11.6 Å². The third-order valence-electron chi connectivity index (χ3n) is 6.03. The van der Waals surface area contributed by atoms with Crippen molar-refractivity contribution in [2.24, 2.45) is 0 Å². The fraction of sp³-hybridized carbons (Fsp3) is 0.269. The number of carbonyl (C=O) groups excluding carboxylic acids is 1. The number of rotatable bonds is 10. The van der Waals surface area contributed by atoms with Crippen molar-refractivity contribution in [3.63, 3.8) is 0 Å². The van der Waals surface area contributed by atoms with Crippen molar-refractivity contribution in [2.75, 3.05) is 24.4 Å². The Morgan fingerprint density at radius 3 is 2.18 bits per heavy atom. The number of amides is 1. The highest BCUT2D eigenvalue weighted by molar-refractivity contribution is 7.92. The zero-order valence-corrected chi connectivity index (χ0v) is 22.3. The molecule has 38 heavy (non-hydrogen) atoms. The van der Waals surface area contributed by atoms with Gasteiger partial charge < -0.3 is 10.1 Å². The Morgan fingerprint density at radius 2 is 1.55 bits per heavy atom. The normalized spacial score (nSPS) is 14.3. The highest BCUT2D eigenvalue weighted by atomic mass is 32.2. The first-order valence-corrected chi connectivity index (χ1v) is 14.8. The van der Waals surface area contributed by atoms with Gasteiger partial charge in [-0.05, 0) is 85.5 Å². The Balaban J connectivity index is 1.29. The molecule has 0 spiro atoms. The zero-order valence-electron chi connectivity index (χ0n) is 20.7. The van der Waals surface area contributed by atoms with E-state index in [0.29, 0.717) is 24.4 Å². The van der Waals surface area contributed by atoms with E-state index in [1.54, 1.807) is 19.1 Å². The molecule has 4 rings (SSSR count). The first-order valence-electron chi connectivity index (χ1n) is 11.9. The lowest BCUT2D eigenvalue weighted by Crippen LogP contribution is -2.29. The number of halogens is 1. The van der Waals surface area contributed by atoms with Crippen LogP contribution in [0.25, 0.3) is 0 Å². The van der Waals surface area contributed by atoms with Crippen LogP contribution in [0, 0.1) is 12.7 Å². The molecule has 0 radical (unpaired) electrons. The van der Waals surface area contributed by atoms with Gasteiger partial charge >= 0.3 is 0 Å². The molecule has 0 aromatic heterocycles. The largest absolute Gasteiger partial charge is 0.484 e. The summed E-state index contributed by atoms with van der Waals surface area (Å²) in [6.07, 6.45) is 1.73. The first kappa shape index (κ1) is 27.6. The molecule has 12 heteroatoms. The molecule has 1 fully saturated rings. The number of hydrogen-bond acceptors (Lipinski definition) is 6. The van der Waals surface area contributed by atoms with Crippen molar-refractivity contribution in [1.29, 1.82) is 0 Å². The van der Waals surface area contributed by atoms with Gasteiger partial charge in [0.05, 0.1) is 9.79 Å². The second-order valence-electron chi connectivity index (χ2n) is 8.86. The molecule has 0 unspecified atom stereocenters. The van der Waals surface area contributed by atoms with E-state index in [2.05, 4.69) is 10.0 Å². The average Bonchev–Trinajstić information content (AvgIpc) is 3.44. The van der Waals surface area contributed by atoms with E-state index in [9.17, 15) is 26.0 Å². The number of anilines is 1. The van der Waals surface area contributed by atoms with Crippen LogP contribution in [0.2, 0.25) is 0 Å². The predicted octanol–water partition coefficient (Wildman–Crippen LogP) is 3.41. The van der Waals surface area contributed by atoms with Crippen LogP contribution in [0.15, 0.2) is 76.5 Å². The van der Waals surface area contributed by atoms with E-state index in [1.807, 2.05) is 0 Å². The summed E-state index contributed by atoms with van der Waals surface area (Å²) in [5, 5.41) is 2.71. The maximum atomic E-state index is 13.1. The SMILES string of the molecule is Cc1cc(S(=O)(=O)Nc2ccc(F)cc2)ccc1OCC(=O)NCc1ccc(S(=O)(=O)N2CCCC2)cc1. The van der Waals surface area contributed by atoms with Crippen molar-refractivity contribution >= 4 is 31.6 Å². The first-order chi connectivity index (χ1) is 18.0. The standard InChI is InChI=1S/C26H28FN3O6S2/c1-19-16-24(37(32,33)29-22-8-6-21(27)7-9-22)12-13-25(19)36-18-26(31)28-17-20-4-10-23(11-5-20)38(34,35)30-14-2-3-15-30/h4-13,16,29H,2-3,14-15,17-18H2,1H3,(H,28,31). The van der Waals surface area contributed by atoms with E-state index >= 15 is 0 Å². The fourth-order valence-electron chi connectivity index (χ4n) is 3.93. The topological polar surface area (TPSA) is 122 Å². The Hall–Kier alpha value is -3.48. The molecule has 3 aromatic carbocycles. The lowest BCUT2D eigenvalue weighted by molar-refractivity contribution is -0.123. The second-order valence-corrected chi connectivity index (χ2v) is 12.5. The third kappa shape index (κ3) is 6.69. The molecule has 1 amide bonds. The van der Waals surface area contributed by atoms with Gasteiger partial charge in [0.2, 0.25) is 10.0 Å². The molecular weight excluding hydrogens is 533 g/mol. The van der Waals surface area contributed by atoms with Crippen molar-refractivity contribution in [3.05, 3.63) is 83.7 Å². The van der Waals surface area contributed by atoms with Crippen LogP contribution < -0.4 is 14.8 Å². The summed E-state index contributed by atoms with van der Waals surface area (Å²) in [7, 11) is -7.39. The summed E-state index contributed by atoms with van der Waals surface area (Å²) in [5.41, 5.74) is 1.47. The molecule has 1 heterocycles. The van der Waals surface area contributed by atoms with E-state index in [-0.39, 0.29) is 28.6 Å². The van der Waals surface area contributed by atoms with E-state index in [1.165, 1.54) is 46.8 Å². The number of sulfonamides is 2. The number of nitrogens with zero attached hydrogens (tertiary/aromatic N) is 1. The minimum absolute atomic E-state index is 0.00804. The predicted molar refractivity (Wildman–Crippen MR) is 140 cm³/mol. The molecule has 0 bridgehead atoms. The van der Waals surface area contributed by atoms with Gasteiger partial charge in [-0.1, -0.05) is 12.1 Å². The van der Waals surface area contributed by atoms with E-state index in [4.69, 9.17) is 4.74 Å². The van der Waals surface area contributed by atoms with Crippen LogP contribution in [0.5, 0.6) is 5.75 Å². The number of carbonyl (C=O) groups is 1. The monoisotopic (exact) mass is 561 g/mol. The van der Waals surface area contributed by atoms with Crippen LogP contribution in [-0.2, 0) is 31.4 Å². The van der Waals surface area contributed by atoms with Crippen LogP contribution in [0.1, 0.15) is 24.0 Å². The van der Waals surface area contributed by atoms with Crippen molar-refractivity contribution < 1.29 is 30.8 Å². The molecule has 9 nitrogen and oxygen atoms in total. The van der Waals surface area contributed by atoms with Gasteiger partial charge in [0.25, 0.3) is 15.9 Å². The molecule has 3 aromatic rings. The number of hydrogen-bond donors (Lipinski definition) is 2. The van der Waals surface area contributed by atoms with Crippen LogP contribution in [-0.4, -0.2) is 46.7 Å². The Bertz CT molecular complexity index is 1500. The molecule has 0 aliphatic carbocycles. The summed E-state index contributed by atoms with van der Waals surface area (Å²) in [6.45, 7) is 2.62. The van der Waals surface area contributed by atoms with Crippen molar-refractivity contribution in [3.8, 4) is 5.75 Å². The van der Waals surface area contributed by atoms with E-state index < -0.39 is 31.8 Å². The van der Waals surface area contributed by atoms with Gasteiger partial charge in [-0.15, -0.1) is 0 Å². The lowest BCUT2D eigenvalue weighted by atomic mass is 10.2. The third-order valence-corrected chi connectivity index (χ3v) is 9.32. The summed E-state index contributed by atoms with van der Waals surface area (Å²) >= 11 is 0. The van der Waals surface area contributed by atoms with Gasteiger partial charge in [-0.2, -0.15) is 4.31 Å². The maximum Gasteiger partial charge on any atom is 0.261 e. The van der Waals surface area contributed by atoms with Gasteiger partial charge in [-0.25, -0.2) is 21.2 Å². The van der Waals surface area contributed by atoms with Crippen molar-refractivity contribution in [2.45, 2.75) is 36.1 Å². The van der Waals surface area contributed by atoms with E-state index in [0.717, 1.165) is 30.5 Å². The minimum Gasteiger partial charge on any atom is -0.484 e. The molecule has 0 saturated carbocycles. The average molecular weight is 562 g/mol. The number of nitrogens with one attached hydrogen (secondary N) is 2. The fourth-order valence-corrected chi connectivity index (χ4v) is 6.60.